The van der Waals surface area contributed by atoms with E-state index in [0.29, 0.717) is 23.0 Å². The fraction of sp³-hybridized carbons (Fsp3) is 0.100. The third-order valence-electron chi connectivity index (χ3n) is 3.62. The summed E-state index contributed by atoms with van der Waals surface area (Å²) in [7, 11) is 1.54. The smallest absolute Gasteiger partial charge is 0.281 e. The van der Waals surface area contributed by atoms with Crippen LogP contribution in [0.1, 0.15) is 20.8 Å². The number of thiophene rings is 1. The van der Waals surface area contributed by atoms with Gasteiger partial charge in [0.1, 0.15) is 12.4 Å². The Morgan fingerprint density at radius 1 is 1.19 bits per heavy atom. The topological polar surface area (TPSA) is 59.9 Å². The van der Waals surface area contributed by atoms with Crippen LogP contribution in [0.2, 0.25) is 0 Å². The van der Waals surface area contributed by atoms with Crippen LogP contribution >= 0.6 is 11.3 Å². The van der Waals surface area contributed by atoms with Crippen LogP contribution in [0.4, 0.5) is 4.39 Å². The number of amides is 1. The van der Waals surface area contributed by atoms with Crippen LogP contribution in [-0.4, -0.2) is 19.2 Å². The molecule has 2 aromatic carbocycles. The predicted molar refractivity (Wildman–Crippen MR) is 103 cm³/mol. The average molecular weight is 384 g/mol. The third-order valence-corrected chi connectivity index (χ3v) is 4.49. The number of rotatable bonds is 7. The van der Waals surface area contributed by atoms with Crippen LogP contribution in [0.25, 0.3) is 0 Å². The maximum Gasteiger partial charge on any atom is 0.281 e. The summed E-state index contributed by atoms with van der Waals surface area (Å²) in [5, 5.41) is 5.78. The molecule has 0 saturated heterocycles. The van der Waals surface area contributed by atoms with Crippen molar-refractivity contribution in [2.75, 3.05) is 7.11 Å². The fourth-order valence-electron chi connectivity index (χ4n) is 2.25. The molecule has 3 aromatic rings. The lowest BCUT2D eigenvalue weighted by Gasteiger charge is -2.11. The van der Waals surface area contributed by atoms with E-state index < -0.39 is 0 Å². The molecule has 0 aliphatic rings. The summed E-state index contributed by atoms with van der Waals surface area (Å²) in [6, 6.07) is 14.9. The summed E-state index contributed by atoms with van der Waals surface area (Å²) < 4.78 is 24.0. The molecule has 0 unspecified atom stereocenters. The predicted octanol–water partition coefficient (Wildman–Crippen LogP) is 4.24. The summed E-state index contributed by atoms with van der Waals surface area (Å²) in [5.41, 5.74) is 4.07. The monoisotopic (exact) mass is 384 g/mol. The lowest BCUT2D eigenvalue weighted by atomic mass is 10.2. The Labute approximate surface area is 160 Å². The van der Waals surface area contributed by atoms with Crippen molar-refractivity contribution in [1.82, 2.24) is 5.43 Å². The van der Waals surface area contributed by atoms with E-state index in [-0.39, 0.29) is 11.7 Å². The molecule has 27 heavy (non-hydrogen) atoms. The zero-order valence-corrected chi connectivity index (χ0v) is 15.3. The molecule has 1 heterocycles. The number of benzene rings is 2. The van der Waals surface area contributed by atoms with Crippen molar-refractivity contribution in [1.29, 1.82) is 0 Å². The van der Waals surface area contributed by atoms with Gasteiger partial charge in [-0.2, -0.15) is 5.10 Å². The number of hydrogen-bond acceptors (Lipinski definition) is 5. The number of nitrogens with zero attached hydrogens (tertiary/aromatic N) is 1. The van der Waals surface area contributed by atoms with Crippen molar-refractivity contribution >= 4 is 23.5 Å². The molecule has 0 saturated carbocycles. The van der Waals surface area contributed by atoms with E-state index in [4.69, 9.17) is 9.47 Å². The van der Waals surface area contributed by atoms with Crippen LogP contribution in [0.5, 0.6) is 11.5 Å². The molecular formula is C20H17FN2O3S. The maximum atomic E-state index is 12.9. The first-order valence-corrected chi connectivity index (χ1v) is 8.96. The van der Waals surface area contributed by atoms with Crippen molar-refractivity contribution in [2.45, 2.75) is 6.61 Å². The minimum absolute atomic E-state index is 0.257. The summed E-state index contributed by atoms with van der Waals surface area (Å²) in [6.45, 7) is 0.293. The molecule has 0 aliphatic heterocycles. The Balaban J connectivity index is 1.62. The van der Waals surface area contributed by atoms with E-state index in [1.807, 2.05) is 5.38 Å². The highest BCUT2D eigenvalue weighted by molar-refractivity contribution is 7.12. The van der Waals surface area contributed by atoms with E-state index in [1.165, 1.54) is 29.7 Å². The van der Waals surface area contributed by atoms with Crippen LogP contribution in [0.15, 0.2) is 65.1 Å². The zero-order valence-electron chi connectivity index (χ0n) is 14.5. The molecule has 3 rings (SSSR count). The molecule has 0 spiro atoms. The highest BCUT2D eigenvalue weighted by Crippen LogP contribution is 2.28. The van der Waals surface area contributed by atoms with Crippen LogP contribution in [-0.2, 0) is 6.61 Å². The number of carbonyl (C=O) groups is 1. The van der Waals surface area contributed by atoms with Crippen LogP contribution in [0, 0.1) is 5.82 Å². The molecule has 0 radical (unpaired) electrons. The largest absolute Gasteiger partial charge is 0.493 e. The SMILES string of the molecule is COc1cc(/C=N\NC(=O)c2cccs2)ccc1OCc1ccc(F)cc1. The second-order valence-corrected chi connectivity index (χ2v) is 6.45. The highest BCUT2D eigenvalue weighted by Gasteiger charge is 2.07. The third kappa shape index (κ3) is 5.15. The van der Waals surface area contributed by atoms with E-state index in [9.17, 15) is 9.18 Å². The molecule has 138 valence electrons. The first-order valence-electron chi connectivity index (χ1n) is 8.08. The highest BCUT2D eigenvalue weighted by atomic mass is 32.1. The lowest BCUT2D eigenvalue weighted by molar-refractivity contribution is 0.0959. The van der Waals surface area contributed by atoms with Gasteiger partial charge in [0.05, 0.1) is 18.2 Å². The Bertz CT molecular complexity index is 925. The maximum absolute atomic E-state index is 12.9. The number of hydrazone groups is 1. The second kappa shape index (κ2) is 8.95. The number of ether oxygens (including phenoxy) is 2. The van der Waals surface area contributed by atoms with Gasteiger partial charge in [-0.15, -0.1) is 11.3 Å². The minimum atomic E-state index is -0.286. The van der Waals surface area contributed by atoms with E-state index in [0.717, 1.165) is 11.1 Å². The molecular weight excluding hydrogens is 367 g/mol. The van der Waals surface area contributed by atoms with Gasteiger partial charge in [-0.05, 0) is 52.9 Å². The number of halogens is 1. The van der Waals surface area contributed by atoms with Gasteiger partial charge >= 0.3 is 0 Å². The summed E-state index contributed by atoms with van der Waals surface area (Å²) in [5.74, 6) is 0.547. The molecule has 0 aliphatic carbocycles. The molecule has 0 fully saturated rings. The van der Waals surface area contributed by atoms with Gasteiger partial charge in [-0.3, -0.25) is 4.79 Å². The number of nitrogens with one attached hydrogen (secondary N) is 1. The van der Waals surface area contributed by atoms with Crippen molar-refractivity contribution in [3.8, 4) is 11.5 Å². The van der Waals surface area contributed by atoms with E-state index >= 15 is 0 Å². The van der Waals surface area contributed by atoms with Gasteiger partial charge < -0.3 is 9.47 Å². The Morgan fingerprint density at radius 3 is 2.70 bits per heavy atom. The van der Waals surface area contributed by atoms with Crippen molar-refractivity contribution in [3.63, 3.8) is 0 Å². The number of carbonyl (C=O) groups excluding carboxylic acids is 1. The fourth-order valence-corrected chi connectivity index (χ4v) is 2.87. The molecule has 1 amide bonds. The Morgan fingerprint density at radius 2 is 2.00 bits per heavy atom. The quantitative estimate of drug-likeness (QED) is 0.490. The van der Waals surface area contributed by atoms with Crippen LogP contribution in [0.3, 0.4) is 0 Å². The number of hydrogen-bond donors (Lipinski definition) is 1. The van der Waals surface area contributed by atoms with Gasteiger partial charge in [-0.1, -0.05) is 18.2 Å². The van der Waals surface area contributed by atoms with Crippen molar-refractivity contribution in [3.05, 3.63) is 81.8 Å². The van der Waals surface area contributed by atoms with Crippen molar-refractivity contribution in [2.24, 2.45) is 5.10 Å². The first kappa shape index (κ1) is 18.6. The van der Waals surface area contributed by atoms with Gasteiger partial charge in [0, 0.05) is 0 Å². The van der Waals surface area contributed by atoms with Gasteiger partial charge in [0.25, 0.3) is 5.91 Å². The summed E-state index contributed by atoms with van der Waals surface area (Å²) in [6.07, 6.45) is 1.53. The molecule has 0 bridgehead atoms. The van der Waals surface area contributed by atoms with E-state index in [1.54, 1.807) is 49.6 Å². The normalized spacial score (nSPS) is 10.7. The number of methoxy groups -OCH3 is 1. The molecule has 1 aromatic heterocycles. The molecule has 7 heteroatoms. The zero-order chi connectivity index (χ0) is 19.1. The summed E-state index contributed by atoms with van der Waals surface area (Å²) in [4.78, 5) is 12.4. The summed E-state index contributed by atoms with van der Waals surface area (Å²) >= 11 is 1.35. The lowest BCUT2D eigenvalue weighted by Crippen LogP contribution is -2.16. The Kier molecular flexibility index (Phi) is 6.17. The van der Waals surface area contributed by atoms with Gasteiger partial charge in [0.2, 0.25) is 0 Å². The van der Waals surface area contributed by atoms with E-state index in [2.05, 4.69) is 10.5 Å². The second-order valence-electron chi connectivity index (χ2n) is 5.50. The standard InChI is InChI=1S/C20H17FN2O3S/c1-25-18-11-15(12-22-23-20(24)19-3-2-10-27-19)6-9-17(18)26-13-14-4-7-16(21)8-5-14/h2-12H,13H2,1H3,(H,23,24)/b22-12-. The molecule has 1 N–H and O–H groups in total. The Hall–Kier alpha value is -3.19. The molecule has 0 atom stereocenters. The van der Waals surface area contributed by atoms with Crippen LogP contribution < -0.4 is 14.9 Å². The average Bonchev–Trinajstić information content (AvgIpc) is 3.23. The van der Waals surface area contributed by atoms with Crippen molar-refractivity contribution < 1.29 is 18.7 Å². The van der Waals surface area contributed by atoms with Gasteiger partial charge in [-0.25, -0.2) is 9.82 Å². The first-order chi connectivity index (χ1) is 13.2. The van der Waals surface area contributed by atoms with Gasteiger partial charge in [0.15, 0.2) is 11.5 Å². The molecule has 5 nitrogen and oxygen atoms in total. The minimum Gasteiger partial charge on any atom is -0.493 e.